The Hall–Kier alpha value is -3.88. The molecule has 1 aromatic carbocycles. The first kappa shape index (κ1) is 22.3. The smallest absolute Gasteiger partial charge is 0.252 e. The molecule has 4 rings (SSSR count). The summed E-state index contributed by atoms with van der Waals surface area (Å²) in [5.41, 5.74) is 1.64. The van der Waals surface area contributed by atoms with E-state index in [9.17, 15) is 14.0 Å². The number of anilines is 3. The highest BCUT2D eigenvalue weighted by molar-refractivity contribution is 6.01. The minimum Gasteiger partial charge on any atom is -0.353 e. The SMILES string of the molecule is O=C(N[C@@H](CC1CCCC1)C(=O)Nc1cncnc1)c1cccc(Nc2ccncc2F)c1. The van der Waals surface area contributed by atoms with Crippen molar-refractivity contribution < 1.29 is 14.0 Å². The summed E-state index contributed by atoms with van der Waals surface area (Å²) < 4.78 is 13.9. The summed E-state index contributed by atoms with van der Waals surface area (Å²) in [6.07, 6.45) is 11.9. The second-order valence-electron chi connectivity index (χ2n) is 8.09. The molecular formula is C24H25FN6O2. The number of nitrogens with zero attached hydrogens (tertiary/aromatic N) is 3. The summed E-state index contributed by atoms with van der Waals surface area (Å²) in [5.74, 6) is -0.796. The van der Waals surface area contributed by atoms with Crippen molar-refractivity contribution in [3.05, 3.63) is 72.8 Å². The van der Waals surface area contributed by atoms with Crippen LogP contribution in [0.4, 0.5) is 21.5 Å². The van der Waals surface area contributed by atoms with Gasteiger partial charge in [0.1, 0.15) is 12.4 Å². The van der Waals surface area contributed by atoms with Crippen molar-refractivity contribution in [3.63, 3.8) is 0 Å². The number of hydrogen-bond acceptors (Lipinski definition) is 6. The molecule has 1 atom stereocenters. The van der Waals surface area contributed by atoms with Crippen LogP contribution in [0.25, 0.3) is 0 Å². The predicted octanol–water partition coefficient (Wildman–Crippen LogP) is 4.07. The third-order valence-corrected chi connectivity index (χ3v) is 5.67. The van der Waals surface area contributed by atoms with Crippen LogP contribution in [0, 0.1) is 11.7 Å². The Kier molecular flexibility index (Phi) is 7.19. The molecular weight excluding hydrogens is 423 g/mol. The lowest BCUT2D eigenvalue weighted by Gasteiger charge is -2.21. The fourth-order valence-corrected chi connectivity index (χ4v) is 4.02. The molecule has 9 heteroatoms. The van der Waals surface area contributed by atoms with Gasteiger partial charge in [-0.2, -0.15) is 0 Å². The maximum absolute atomic E-state index is 13.9. The highest BCUT2D eigenvalue weighted by atomic mass is 19.1. The van der Waals surface area contributed by atoms with Gasteiger partial charge in [-0.05, 0) is 36.6 Å². The topological polar surface area (TPSA) is 109 Å². The second-order valence-corrected chi connectivity index (χ2v) is 8.09. The Morgan fingerprint density at radius 1 is 1.03 bits per heavy atom. The fourth-order valence-electron chi connectivity index (χ4n) is 4.02. The van der Waals surface area contributed by atoms with Crippen molar-refractivity contribution in [2.45, 2.75) is 38.1 Å². The van der Waals surface area contributed by atoms with E-state index in [1.807, 2.05) is 0 Å². The largest absolute Gasteiger partial charge is 0.353 e. The third-order valence-electron chi connectivity index (χ3n) is 5.67. The normalized spacial score (nSPS) is 14.5. The van der Waals surface area contributed by atoms with E-state index in [1.165, 1.54) is 31.0 Å². The van der Waals surface area contributed by atoms with Crippen LogP contribution in [0.2, 0.25) is 0 Å². The average molecular weight is 449 g/mol. The molecule has 0 spiro atoms. The van der Waals surface area contributed by atoms with Gasteiger partial charge < -0.3 is 16.0 Å². The predicted molar refractivity (Wildman–Crippen MR) is 122 cm³/mol. The minimum absolute atomic E-state index is 0.256. The van der Waals surface area contributed by atoms with Gasteiger partial charge in [-0.25, -0.2) is 14.4 Å². The first-order valence-corrected chi connectivity index (χ1v) is 10.9. The summed E-state index contributed by atoms with van der Waals surface area (Å²) in [6.45, 7) is 0. The number of nitrogens with one attached hydrogen (secondary N) is 3. The Balaban J connectivity index is 1.47. The number of amides is 2. The number of carbonyl (C=O) groups is 2. The number of aromatic nitrogens is 3. The zero-order valence-electron chi connectivity index (χ0n) is 18.0. The third kappa shape index (κ3) is 6.09. The van der Waals surface area contributed by atoms with E-state index in [0.29, 0.717) is 29.3 Å². The first-order chi connectivity index (χ1) is 16.1. The van der Waals surface area contributed by atoms with Crippen LogP contribution in [0.1, 0.15) is 42.5 Å². The van der Waals surface area contributed by atoms with E-state index in [-0.39, 0.29) is 17.5 Å². The summed E-state index contributed by atoms with van der Waals surface area (Å²) >= 11 is 0. The van der Waals surface area contributed by atoms with Gasteiger partial charge in [0.2, 0.25) is 5.91 Å². The maximum Gasteiger partial charge on any atom is 0.252 e. The molecule has 1 aliphatic carbocycles. The molecule has 0 saturated heterocycles. The maximum atomic E-state index is 13.9. The Bertz CT molecular complexity index is 1100. The van der Waals surface area contributed by atoms with Crippen LogP contribution in [0.5, 0.6) is 0 Å². The van der Waals surface area contributed by atoms with Gasteiger partial charge in [0, 0.05) is 17.4 Å². The summed E-state index contributed by atoms with van der Waals surface area (Å²) in [4.78, 5) is 37.5. The lowest BCUT2D eigenvalue weighted by Crippen LogP contribution is -2.44. The van der Waals surface area contributed by atoms with Crippen LogP contribution in [0.15, 0.2) is 61.4 Å². The number of rotatable bonds is 8. The highest BCUT2D eigenvalue weighted by Crippen LogP contribution is 2.29. The molecule has 1 aliphatic rings. The summed E-state index contributed by atoms with van der Waals surface area (Å²) in [6, 6.07) is 7.51. The zero-order chi connectivity index (χ0) is 23.0. The van der Waals surface area contributed by atoms with Gasteiger partial charge in [0.05, 0.1) is 30.0 Å². The molecule has 2 aromatic heterocycles. The monoisotopic (exact) mass is 448 g/mol. The Labute approximate surface area is 191 Å². The van der Waals surface area contributed by atoms with Gasteiger partial charge in [-0.15, -0.1) is 0 Å². The van der Waals surface area contributed by atoms with Crippen LogP contribution in [-0.4, -0.2) is 32.8 Å². The molecule has 8 nitrogen and oxygen atoms in total. The summed E-state index contributed by atoms with van der Waals surface area (Å²) in [5, 5.41) is 8.61. The molecule has 3 aromatic rings. The molecule has 170 valence electrons. The molecule has 0 unspecified atom stereocenters. The van der Waals surface area contributed by atoms with Crippen LogP contribution < -0.4 is 16.0 Å². The average Bonchev–Trinajstić information content (AvgIpc) is 3.34. The van der Waals surface area contributed by atoms with E-state index in [2.05, 4.69) is 30.9 Å². The lowest BCUT2D eigenvalue weighted by atomic mass is 9.97. The van der Waals surface area contributed by atoms with Crippen LogP contribution >= 0.6 is 0 Å². The minimum atomic E-state index is -0.699. The molecule has 33 heavy (non-hydrogen) atoms. The highest BCUT2D eigenvalue weighted by Gasteiger charge is 2.27. The molecule has 0 aliphatic heterocycles. The van der Waals surface area contributed by atoms with E-state index >= 15 is 0 Å². The van der Waals surface area contributed by atoms with E-state index in [1.54, 1.807) is 24.3 Å². The zero-order valence-corrected chi connectivity index (χ0v) is 18.0. The molecule has 2 amide bonds. The van der Waals surface area contributed by atoms with Gasteiger partial charge in [0.15, 0.2) is 5.82 Å². The van der Waals surface area contributed by atoms with Crippen LogP contribution in [-0.2, 0) is 4.79 Å². The van der Waals surface area contributed by atoms with E-state index < -0.39 is 11.9 Å². The van der Waals surface area contributed by atoms with Gasteiger partial charge in [0.25, 0.3) is 5.91 Å². The van der Waals surface area contributed by atoms with Gasteiger partial charge in [-0.1, -0.05) is 31.7 Å². The van der Waals surface area contributed by atoms with Gasteiger partial charge in [-0.3, -0.25) is 14.6 Å². The molecule has 2 heterocycles. The second kappa shape index (κ2) is 10.6. The number of carbonyl (C=O) groups excluding carboxylic acids is 2. The lowest BCUT2D eigenvalue weighted by molar-refractivity contribution is -0.118. The molecule has 1 fully saturated rings. The van der Waals surface area contributed by atoms with Crippen molar-refractivity contribution in [2.24, 2.45) is 5.92 Å². The Morgan fingerprint density at radius 2 is 1.82 bits per heavy atom. The molecule has 1 saturated carbocycles. The van der Waals surface area contributed by atoms with E-state index in [4.69, 9.17) is 0 Å². The molecule has 0 radical (unpaired) electrons. The standard InChI is InChI=1S/C24H25FN6O2/c25-20-14-26-9-8-21(20)29-18-7-3-6-17(11-18)23(32)31-22(10-16-4-1-2-5-16)24(33)30-19-12-27-15-28-13-19/h3,6-9,11-16,22H,1-2,4-5,10H2,(H,26,29)(H,30,33)(H,31,32)/t22-/m0/s1. The fraction of sp³-hybridized carbons (Fsp3) is 0.292. The van der Waals surface area contributed by atoms with Crippen molar-refractivity contribution in [1.29, 1.82) is 0 Å². The van der Waals surface area contributed by atoms with Crippen LogP contribution in [0.3, 0.4) is 0 Å². The molecule has 0 bridgehead atoms. The van der Waals surface area contributed by atoms with Crippen molar-refractivity contribution >= 4 is 28.9 Å². The number of halogens is 1. The van der Waals surface area contributed by atoms with Crippen molar-refractivity contribution in [2.75, 3.05) is 10.6 Å². The van der Waals surface area contributed by atoms with E-state index in [0.717, 1.165) is 31.9 Å². The molecule has 3 N–H and O–H groups in total. The summed E-state index contributed by atoms with van der Waals surface area (Å²) in [7, 11) is 0. The quantitative estimate of drug-likeness (QED) is 0.479. The number of hydrogen-bond donors (Lipinski definition) is 3. The van der Waals surface area contributed by atoms with Crippen molar-refractivity contribution in [1.82, 2.24) is 20.3 Å². The Morgan fingerprint density at radius 3 is 2.58 bits per heavy atom. The number of pyridine rings is 1. The number of benzene rings is 1. The van der Waals surface area contributed by atoms with Gasteiger partial charge >= 0.3 is 0 Å². The van der Waals surface area contributed by atoms with Crippen molar-refractivity contribution in [3.8, 4) is 0 Å². The first-order valence-electron chi connectivity index (χ1n) is 10.9.